The van der Waals surface area contributed by atoms with Crippen LogP contribution >= 0.6 is 0 Å². The van der Waals surface area contributed by atoms with E-state index in [2.05, 4.69) is 5.32 Å². The predicted octanol–water partition coefficient (Wildman–Crippen LogP) is 3.55. The first-order valence-corrected chi connectivity index (χ1v) is 7.00. The molecule has 122 valence electrons. The molecule has 0 radical (unpaired) electrons. The number of methoxy groups -OCH3 is 2. The monoisotopic (exact) mass is 321 g/mol. The molecule has 23 heavy (non-hydrogen) atoms. The highest BCUT2D eigenvalue weighted by molar-refractivity contribution is 5.91. The lowest BCUT2D eigenvalue weighted by Gasteiger charge is -2.12. The summed E-state index contributed by atoms with van der Waals surface area (Å²) in [5.41, 5.74) is 0.620. The first-order valence-electron chi connectivity index (χ1n) is 7.00. The van der Waals surface area contributed by atoms with Crippen molar-refractivity contribution >= 4 is 11.6 Å². The fourth-order valence-corrected chi connectivity index (χ4v) is 2.20. The molecule has 0 atom stereocenters. The molecular weight excluding hydrogens is 304 g/mol. The third-order valence-corrected chi connectivity index (χ3v) is 3.31. The third-order valence-electron chi connectivity index (χ3n) is 3.31. The predicted molar refractivity (Wildman–Crippen MR) is 82.9 cm³/mol. The highest BCUT2D eigenvalue weighted by Gasteiger charge is 2.12. The molecule has 0 aliphatic heterocycles. The van der Waals surface area contributed by atoms with E-state index in [0.29, 0.717) is 17.9 Å². The average molecular weight is 321 g/mol. The van der Waals surface area contributed by atoms with Crippen molar-refractivity contribution in [1.82, 2.24) is 0 Å². The van der Waals surface area contributed by atoms with E-state index in [0.717, 1.165) is 23.8 Å². The van der Waals surface area contributed by atoms with Gasteiger partial charge in [-0.3, -0.25) is 4.79 Å². The molecule has 1 N–H and O–H groups in total. The minimum atomic E-state index is -0.682. The van der Waals surface area contributed by atoms with E-state index in [1.807, 2.05) is 6.07 Å². The lowest BCUT2D eigenvalue weighted by molar-refractivity contribution is -0.116. The molecule has 0 aromatic heterocycles. The van der Waals surface area contributed by atoms with E-state index in [4.69, 9.17) is 9.47 Å². The van der Waals surface area contributed by atoms with Crippen molar-refractivity contribution < 1.29 is 23.0 Å². The third kappa shape index (κ3) is 4.18. The van der Waals surface area contributed by atoms with Gasteiger partial charge in [0.2, 0.25) is 5.91 Å². The number of hydrogen-bond acceptors (Lipinski definition) is 3. The molecule has 0 heterocycles. The lowest BCUT2D eigenvalue weighted by atomic mass is 10.1. The minimum absolute atomic E-state index is 0.0967. The number of amides is 1. The van der Waals surface area contributed by atoms with Crippen LogP contribution in [0, 0.1) is 11.6 Å². The molecule has 6 heteroatoms. The van der Waals surface area contributed by atoms with Gasteiger partial charge >= 0.3 is 0 Å². The summed E-state index contributed by atoms with van der Waals surface area (Å²) < 4.78 is 37.1. The highest BCUT2D eigenvalue weighted by Crippen LogP contribution is 2.31. The van der Waals surface area contributed by atoms with Gasteiger partial charge < -0.3 is 14.8 Å². The Bertz CT molecular complexity index is 704. The Morgan fingerprint density at radius 3 is 2.61 bits per heavy atom. The Morgan fingerprint density at radius 1 is 1.13 bits per heavy atom. The van der Waals surface area contributed by atoms with Crippen molar-refractivity contribution in [2.75, 3.05) is 19.5 Å². The van der Waals surface area contributed by atoms with Crippen molar-refractivity contribution in [2.24, 2.45) is 0 Å². The Hall–Kier alpha value is -2.63. The Morgan fingerprint density at radius 2 is 1.91 bits per heavy atom. The maximum Gasteiger partial charge on any atom is 0.224 e. The summed E-state index contributed by atoms with van der Waals surface area (Å²) in [6.07, 6.45) is 0.475. The normalized spacial score (nSPS) is 10.3. The summed E-state index contributed by atoms with van der Waals surface area (Å²) in [4.78, 5) is 11.9. The Labute approximate surface area is 133 Å². The van der Waals surface area contributed by atoms with Gasteiger partial charge in [0.1, 0.15) is 11.6 Å². The summed E-state index contributed by atoms with van der Waals surface area (Å²) >= 11 is 0. The number of hydrogen-bond donors (Lipinski definition) is 1. The molecule has 2 aromatic carbocycles. The molecule has 4 nitrogen and oxygen atoms in total. The number of para-hydroxylation sites is 1. The van der Waals surface area contributed by atoms with E-state index in [-0.39, 0.29) is 12.1 Å². The first kappa shape index (κ1) is 16.7. The zero-order chi connectivity index (χ0) is 16.8. The molecule has 0 saturated heterocycles. The first-order chi connectivity index (χ1) is 11.0. The minimum Gasteiger partial charge on any atom is -0.493 e. The van der Waals surface area contributed by atoms with Crippen LogP contribution in [0.2, 0.25) is 0 Å². The summed E-state index contributed by atoms with van der Waals surface area (Å²) in [5, 5.41) is 2.36. The van der Waals surface area contributed by atoms with Crippen LogP contribution in [0.4, 0.5) is 14.5 Å². The van der Waals surface area contributed by atoms with Crippen LogP contribution in [0.3, 0.4) is 0 Å². The van der Waals surface area contributed by atoms with Crippen molar-refractivity contribution in [3.8, 4) is 11.5 Å². The van der Waals surface area contributed by atoms with Crippen LogP contribution in [0.15, 0.2) is 36.4 Å². The molecule has 0 saturated carbocycles. The van der Waals surface area contributed by atoms with Gasteiger partial charge in [-0.25, -0.2) is 8.78 Å². The number of benzene rings is 2. The summed E-state index contributed by atoms with van der Waals surface area (Å²) in [5.74, 6) is -0.587. The average Bonchev–Trinajstić information content (AvgIpc) is 2.55. The second-order valence-electron chi connectivity index (χ2n) is 4.82. The van der Waals surface area contributed by atoms with Crippen LogP contribution in [0.25, 0.3) is 0 Å². The highest BCUT2D eigenvalue weighted by atomic mass is 19.1. The van der Waals surface area contributed by atoms with Crippen LogP contribution in [-0.4, -0.2) is 20.1 Å². The zero-order valence-electron chi connectivity index (χ0n) is 12.9. The maximum atomic E-state index is 13.5. The van der Waals surface area contributed by atoms with Gasteiger partial charge in [-0.2, -0.15) is 0 Å². The van der Waals surface area contributed by atoms with Crippen LogP contribution < -0.4 is 14.8 Å². The molecular formula is C17H17F2NO3. The van der Waals surface area contributed by atoms with Crippen molar-refractivity contribution in [3.63, 3.8) is 0 Å². The van der Waals surface area contributed by atoms with Crippen LogP contribution in [-0.2, 0) is 11.2 Å². The number of aryl methyl sites for hydroxylation is 1. The van der Waals surface area contributed by atoms with Crippen LogP contribution in [0.5, 0.6) is 11.5 Å². The van der Waals surface area contributed by atoms with E-state index >= 15 is 0 Å². The number of rotatable bonds is 6. The second kappa shape index (κ2) is 7.58. The molecule has 0 unspecified atom stereocenters. The number of nitrogens with one attached hydrogen (secondary N) is 1. The molecule has 0 bridgehead atoms. The van der Waals surface area contributed by atoms with Gasteiger partial charge in [-0.15, -0.1) is 0 Å². The lowest BCUT2D eigenvalue weighted by Crippen LogP contribution is -2.14. The second-order valence-corrected chi connectivity index (χ2v) is 4.82. The number of ether oxygens (including phenoxy) is 2. The van der Waals surface area contributed by atoms with Gasteiger partial charge in [0, 0.05) is 12.5 Å². The van der Waals surface area contributed by atoms with Crippen molar-refractivity contribution in [1.29, 1.82) is 0 Å². The summed E-state index contributed by atoms with van der Waals surface area (Å²) in [7, 11) is 3.05. The fraction of sp³-hybridized carbons (Fsp3) is 0.235. The van der Waals surface area contributed by atoms with Gasteiger partial charge in [0.25, 0.3) is 0 Å². The van der Waals surface area contributed by atoms with E-state index in [1.54, 1.807) is 12.1 Å². The summed E-state index contributed by atoms with van der Waals surface area (Å²) in [6.45, 7) is 0. The number of anilines is 1. The Balaban J connectivity index is 2.03. The van der Waals surface area contributed by atoms with Crippen molar-refractivity contribution in [2.45, 2.75) is 12.8 Å². The fourth-order valence-electron chi connectivity index (χ4n) is 2.20. The zero-order valence-corrected chi connectivity index (χ0v) is 12.9. The van der Waals surface area contributed by atoms with Gasteiger partial charge in [-0.05, 0) is 30.2 Å². The number of carbonyl (C=O) groups excluding carboxylic acids is 1. The van der Waals surface area contributed by atoms with Crippen LogP contribution in [0.1, 0.15) is 12.0 Å². The molecule has 0 spiro atoms. The van der Waals surface area contributed by atoms with Gasteiger partial charge in [0.05, 0.1) is 19.9 Å². The topological polar surface area (TPSA) is 47.6 Å². The quantitative estimate of drug-likeness (QED) is 0.885. The largest absolute Gasteiger partial charge is 0.493 e. The van der Waals surface area contributed by atoms with E-state index in [9.17, 15) is 13.6 Å². The number of carbonyl (C=O) groups is 1. The van der Waals surface area contributed by atoms with E-state index < -0.39 is 17.5 Å². The molecule has 2 rings (SSSR count). The standard InChI is InChI=1S/C17H17F2NO3/c1-22-15-5-3-4-11(17(15)23-2)6-9-16(21)20-14-10-12(18)7-8-13(14)19/h3-5,7-8,10H,6,9H2,1-2H3,(H,20,21). The smallest absolute Gasteiger partial charge is 0.224 e. The maximum absolute atomic E-state index is 13.5. The SMILES string of the molecule is COc1cccc(CCC(=O)Nc2cc(F)ccc2F)c1OC. The van der Waals surface area contributed by atoms with Crippen molar-refractivity contribution in [3.05, 3.63) is 53.6 Å². The molecule has 0 fully saturated rings. The Kier molecular flexibility index (Phi) is 5.51. The molecule has 2 aromatic rings. The molecule has 0 aliphatic carbocycles. The van der Waals surface area contributed by atoms with E-state index in [1.165, 1.54) is 14.2 Å². The van der Waals surface area contributed by atoms with Gasteiger partial charge in [0.15, 0.2) is 11.5 Å². The van der Waals surface area contributed by atoms with Gasteiger partial charge in [-0.1, -0.05) is 12.1 Å². The number of halogens is 2. The molecule has 0 aliphatic rings. The summed E-state index contributed by atoms with van der Waals surface area (Å²) in [6, 6.07) is 8.27. The molecule has 1 amide bonds.